The number of hydrogen-bond donors (Lipinski definition) is 1. The second kappa shape index (κ2) is 2.09. The van der Waals surface area contributed by atoms with Crippen LogP contribution in [0.15, 0.2) is 18.2 Å². The Bertz CT molecular complexity index is 317. The van der Waals surface area contributed by atoms with E-state index in [4.69, 9.17) is 6.92 Å². The molecule has 54 valence electrons. The summed E-state index contributed by atoms with van der Waals surface area (Å²) in [7, 11) is 0. The molecule has 1 N–H and O–H groups in total. The molecule has 0 aliphatic carbocycles. The minimum absolute atomic E-state index is 0.0210. The molecule has 0 bridgehead atoms. The summed E-state index contributed by atoms with van der Waals surface area (Å²) in [5.41, 5.74) is 2.34. The highest BCUT2D eigenvalue weighted by Crippen LogP contribution is 2.18. The molecule has 0 saturated carbocycles. The van der Waals surface area contributed by atoms with E-state index in [1.54, 1.807) is 18.2 Å². The molecule has 1 heterocycles. The van der Waals surface area contributed by atoms with Gasteiger partial charge in [0.15, 0.2) is 0 Å². The van der Waals surface area contributed by atoms with Crippen molar-refractivity contribution in [1.82, 2.24) is 5.32 Å². The number of amides is 1. The van der Waals surface area contributed by atoms with Crippen LogP contribution in [0.2, 0.25) is 0 Å². The molecule has 1 amide bonds. The summed E-state index contributed by atoms with van der Waals surface area (Å²) in [5, 5.41) is 2.71. The average molecular weight is 145 g/mol. The van der Waals surface area contributed by atoms with Gasteiger partial charge in [0.25, 0.3) is 5.91 Å². The van der Waals surface area contributed by atoms with Crippen LogP contribution in [-0.2, 0) is 6.54 Å². The third-order valence-electron chi connectivity index (χ3n) is 1.88. The van der Waals surface area contributed by atoms with Gasteiger partial charge in [-0.15, -0.1) is 0 Å². The van der Waals surface area contributed by atoms with Crippen LogP contribution in [0, 0.1) is 6.92 Å². The molecule has 1 aromatic carbocycles. The molecule has 2 radical (unpaired) electrons. The molecule has 1 aliphatic rings. The van der Waals surface area contributed by atoms with Crippen molar-refractivity contribution in [2.75, 3.05) is 0 Å². The van der Waals surface area contributed by atoms with Crippen LogP contribution in [0.25, 0.3) is 0 Å². The van der Waals surface area contributed by atoms with Crippen molar-refractivity contribution in [1.29, 1.82) is 0 Å². The second-order valence-electron chi connectivity index (χ2n) is 2.56. The number of carbonyl (C=O) groups excluding carboxylic acids is 1. The molecule has 1 aromatic rings. The number of hydrogen-bond acceptors (Lipinski definition) is 1. The fourth-order valence-electron chi connectivity index (χ4n) is 1.28. The Balaban J connectivity index is 2.66. The summed E-state index contributed by atoms with van der Waals surface area (Å²) < 4.78 is 0. The molecule has 0 atom stereocenters. The largest absolute Gasteiger partial charge is 0.348 e. The zero-order valence-corrected chi connectivity index (χ0v) is 5.92. The van der Waals surface area contributed by atoms with Gasteiger partial charge in [-0.1, -0.05) is 12.1 Å². The maximum atomic E-state index is 11.1. The molecule has 0 aromatic heterocycles. The first kappa shape index (κ1) is 6.40. The Hall–Kier alpha value is -1.31. The van der Waals surface area contributed by atoms with Gasteiger partial charge in [0.2, 0.25) is 0 Å². The average Bonchev–Trinajstić information content (AvgIpc) is 2.35. The highest BCUT2D eigenvalue weighted by atomic mass is 16.1. The smallest absolute Gasteiger partial charge is 0.251 e. The SMILES string of the molecule is [CH]c1cccc2c1CNC2=O. The molecule has 1 aliphatic heterocycles. The maximum absolute atomic E-state index is 11.1. The summed E-state index contributed by atoms with van der Waals surface area (Å²) in [4.78, 5) is 11.1. The van der Waals surface area contributed by atoms with Gasteiger partial charge in [-0.25, -0.2) is 0 Å². The lowest BCUT2D eigenvalue weighted by Crippen LogP contribution is -2.12. The second-order valence-corrected chi connectivity index (χ2v) is 2.56. The first-order valence-electron chi connectivity index (χ1n) is 3.44. The predicted molar refractivity (Wildman–Crippen MR) is 41.0 cm³/mol. The third-order valence-corrected chi connectivity index (χ3v) is 1.88. The van der Waals surface area contributed by atoms with Gasteiger partial charge in [0.1, 0.15) is 0 Å². The molecule has 0 spiro atoms. The standard InChI is InChI=1S/C9H7NO/c1-6-3-2-4-7-8(6)5-10-9(7)11/h1-4H,5H2,(H,10,11). The van der Waals surface area contributed by atoms with Crippen LogP contribution < -0.4 is 5.32 Å². The van der Waals surface area contributed by atoms with Crippen molar-refractivity contribution in [3.05, 3.63) is 41.8 Å². The van der Waals surface area contributed by atoms with Crippen LogP contribution in [0.1, 0.15) is 21.5 Å². The maximum Gasteiger partial charge on any atom is 0.251 e. The summed E-state index contributed by atoms with van der Waals surface area (Å²) >= 11 is 0. The van der Waals surface area contributed by atoms with E-state index in [-0.39, 0.29) is 5.91 Å². The van der Waals surface area contributed by atoms with Crippen molar-refractivity contribution in [3.63, 3.8) is 0 Å². The summed E-state index contributed by atoms with van der Waals surface area (Å²) in [5.74, 6) is -0.0210. The molecule has 2 rings (SSSR count). The Morgan fingerprint density at radius 1 is 1.45 bits per heavy atom. The Kier molecular flexibility index (Phi) is 1.22. The van der Waals surface area contributed by atoms with E-state index in [0.717, 1.165) is 5.56 Å². The summed E-state index contributed by atoms with van der Waals surface area (Å²) in [6.45, 7) is 6.21. The zero-order chi connectivity index (χ0) is 7.84. The number of fused-ring (bicyclic) bond motifs is 1. The predicted octanol–water partition coefficient (Wildman–Crippen LogP) is 0.989. The lowest BCUT2D eigenvalue weighted by molar-refractivity contribution is 0.0966. The molecule has 0 unspecified atom stereocenters. The first-order valence-corrected chi connectivity index (χ1v) is 3.44. The first-order chi connectivity index (χ1) is 5.29. The lowest BCUT2D eigenvalue weighted by Gasteiger charge is -1.97. The van der Waals surface area contributed by atoms with Crippen LogP contribution in [0.3, 0.4) is 0 Å². The van der Waals surface area contributed by atoms with Gasteiger partial charge in [-0.05, 0) is 24.1 Å². The highest BCUT2D eigenvalue weighted by Gasteiger charge is 2.18. The van der Waals surface area contributed by atoms with Gasteiger partial charge >= 0.3 is 0 Å². The fourth-order valence-corrected chi connectivity index (χ4v) is 1.28. The van der Waals surface area contributed by atoms with Crippen LogP contribution in [0.5, 0.6) is 0 Å². The molecular weight excluding hydrogens is 138 g/mol. The van der Waals surface area contributed by atoms with E-state index in [1.807, 2.05) is 0 Å². The van der Waals surface area contributed by atoms with E-state index in [9.17, 15) is 4.79 Å². The van der Waals surface area contributed by atoms with Crippen molar-refractivity contribution < 1.29 is 4.79 Å². The van der Waals surface area contributed by atoms with Crippen molar-refractivity contribution >= 4 is 5.91 Å². The highest BCUT2D eigenvalue weighted by molar-refractivity contribution is 5.98. The van der Waals surface area contributed by atoms with Crippen molar-refractivity contribution in [2.45, 2.75) is 6.54 Å². The van der Waals surface area contributed by atoms with Crippen LogP contribution in [-0.4, -0.2) is 5.91 Å². The normalized spacial score (nSPS) is 14.5. The lowest BCUT2D eigenvalue weighted by atomic mass is 10.1. The number of rotatable bonds is 0. The minimum Gasteiger partial charge on any atom is -0.348 e. The van der Waals surface area contributed by atoms with E-state index < -0.39 is 0 Å². The van der Waals surface area contributed by atoms with Crippen molar-refractivity contribution in [2.24, 2.45) is 0 Å². The summed E-state index contributed by atoms with van der Waals surface area (Å²) in [6.07, 6.45) is 0. The van der Waals surface area contributed by atoms with E-state index in [1.165, 1.54) is 0 Å². The van der Waals surface area contributed by atoms with Crippen LogP contribution in [0.4, 0.5) is 0 Å². The van der Waals surface area contributed by atoms with E-state index in [0.29, 0.717) is 17.7 Å². The Morgan fingerprint density at radius 2 is 2.27 bits per heavy atom. The monoisotopic (exact) mass is 145 g/mol. The number of benzene rings is 1. The van der Waals surface area contributed by atoms with Gasteiger partial charge in [0.05, 0.1) is 0 Å². The topological polar surface area (TPSA) is 29.1 Å². The molecule has 11 heavy (non-hydrogen) atoms. The van der Waals surface area contributed by atoms with Gasteiger partial charge in [-0.2, -0.15) is 0 Å². The van der Waals surface area contributed by atoms with Crippen molar-refractivity contribution in [3.8, 4) is 0 Å². The van der Waals surface area contributed by atoms with E-state index >= 15 is 0 Å². The zero-order valence-electron chi connectivity index (χ0n) is 5.92. The minimum atomic E-state index is -0.0210. The molecule has 0 saturated heterocycles. The molecule has 2 nitrogen and oxygen atoms in total. The Morgan fingerprint density at radius 3 is 3.00 bits per heavy atom. The number of nitrogens with one attached hydrogen (secondary N) is 1. The Labute approximate surface area is 65.2 Å². The van der Waals surface area contributed by atoms with Gasteiger partial charge < -0.3 is 5.32 Å². The van der Waals surface area contributed by atoms with Gasteiger partial charge in [-0.3, -0.25) is 4.79 Å². The number of carbonyl (C=O) groups is 1. The van der Waals surface area contributed by atoms with Crippen LogP contribution >= 0.6 is 0 Å². The van der Waals surface area contributed by atoms with Gasteiger partial charge in [0, 0.05) is 12.1 Å². The summed E-state index contributed by atoms with van der Waals surface area (Å²) in [6, 6.07) is 5.38. The quantitative estimate of drug-likeness (QED) is 0.579. The molecule has 0 fully saturated rings. The third kappa shape index (κ3) is 0.827. The fraction of sp³-hybridized carbons (Fsp3) is 0.111. The molecule has 2 heteroatoms. The molecular formula is C9H7NO. The van der Waals surface area contributed by atoms with E-state index in [2.05, 4.69) is 5.32 Å².